The molecular formula is C17H23N3O2. The topological polar surface area (TPSA) is 62.4 Å². The van der Waals surface area contributed by atoms with Gasteiger partial charge in [-0.3, -0.25) is 0 Å². The first kappa shape index (κ1) is 15.0. The Balaban J connectivity index is 1.70. The van der Waals surface area contributed by atoms with E-state index in [1.807, 2.05) is 18.2 Å². The van der Waals surface area contributed by atoms with Gasteiger partial charge in [0.15, 0.2) is 5.82 Å². The summed E-state index contributed by atoms with van der Waals surface area (Å²) in [5.41, 5.74) is 1.11. The molecule has 22 heavy (non-hydrogen) atoms. The first-order chi connectivity index (χ1) is 10.9. The summed E-state index contributed by atoms with van der Waals surface area (Å²) in [6, 6.07) is 10.1. The van der Waals surface area contributed by atoms with Crippen molar-refractivity contribution in [3.05, 3.63) is 42.0 Å². The fraction of sp³-hybridized carbons (Fsp3) is 0.529. The number of hydrogen-bond acceptors (Lipinski definition) is 5. The van der Waals surface area contributed by atoms with E-state index in [9.17, 15) is 0 Å². The highest BCUT2D eigenvalue weighted by Crippen LogP contribution is 2.32. The number of nitrogens with zero attached hydrogens (tertiary/aromatic N) is 3. The van der Waals surface area contributed by atoms with Crippen LogP contribution < -0.4 is 4.90 Å². The van der Waals surface area contributed by atoms with Gasteiger partial charge >= 0.3 is 0 Å². The second-order valence-electron chi connectivity index (χ2n) is 5.86. The zero-order valence-corrected chi connectivity index (χ0v) is 12.8. The van der Waals surface area contributed by atoms with Gasteiger partial charge in [0.2, 0.25) is 5.89 Å². The molecule has 0 aliphatic heterocycles. The minimum Gasteiger partial charge on any atom is -0.396 e. The number of aliphatic hydroxyl groups excluding tert-OH is 1. The lowest BCUT2D eigenvalue weighted by Gasteiger charge is -2.22. The fourth-order valence-corrected chi connectivity index (χ4v) is 3.05. The Morgan fingerprint density at radius 2 is 1.95 bits per heavy atom. The molecule has 1 fully saturated rings. The van der Waals surface area contributed by atoms with Crippen LogP contribution in [0, 0.1) is 0 Å². The zero-order chi connectivity index (χ0) is 15.2. The SMILES string of the molecule is OCCCN(Cc1nc(C2CCCC2)no1)c1ccccc1. The van der Waals surface area contributed by atoms with Crippen molar-refractivity contribution in [1.82, 2.24) is 10.1 Å². The summed E-state index contributed by atoms with van der Waals surface area (Å²) in [5.74, 6) is 1.99. The second kappa shape index (κ2) is 7.40. The Bertz CT molecular complexity index is 564. The number of rotatable bonds is 7. The summed E-state index contributed by atoms with van der Waals surface area (Å²) < 4.78 is 5.44. The van der Waals surface area contributed by atoms with Crippen LogP contribution >= 0.6 is 0 Å². The van der Waals surface area contributed by atoms with Gasteiger partial charge in [0, 0.05) is 24.8 Å². The minimum atomic E-state index is 0.181. The molecule has 0 amide bonds. The molecule has 1 heterocycles. The van der Waals surface area contributed by atoms with E-state index in [1.54, 1.807) is 0 Å². The molecule has 1 aliphatic carbocycles. The van der Waals surface area contributed by atoms with Gasteiger partial charge in [-0.25, -0.2) is 0 Å². The van der Waals surface area contributed by atoms with Crippen LogP contribution in [-0.2, 0) is 6.54 Å². The molecule has 1 saturated carbocycles. The van der Waals surface area contributed by atoms with Crippen molar-refractivity contribution < 1.29 is 9.63 Å². The molecule has 3 rings (SSSR count). The van der Waals surface area contributed by atoms with Crippen molar-refractivity contribution in [2.45, 2.75) is 44.6 Å². The Hall–Kier alpha value is -1.88. The highest BCUT2D eigenvalue weighted by atomic mass is 16.5. The third-order valence-electron chi connectivity index (χ3n) is 4.24. The second-order valence-corrected chi connectivity index (χ2v) is 5.86. The molecule has 5 heteroatoms. The standard InChI is InChI=1S/C17H23N3O2/c21-12-6-11-20(15-9-2-1-3-10-15)13-16-18-17(19-22-16)14-7-4-5-8-14/h1-3,9-10,14,21H,4-8,11-13H2. The van der Waals surface area contributed by atoms with Crippen LogP contribution in [0.25, 0.3) is 0 Å². The average Bonchev–Trinajstić information content (AvgIpc) is 3.23. The number of benzene rings is 1. The molecule has 5 nitrogen and oxygen atoms in total. The molecule has 1 aromatic heterocycles. The fourth-order valence-electron chi connectivity index (χ4n) is 3.05. The normalized spacial score (nSPS) is 15.3. The van der Waals surface area contributed by atoms with E-state index in [0.29, 0.717) is 18.4 Å². The maximum Gasteiger partial charge on any atom is 0.246 e. The molecule has 0 saturated heterocycles. The van der Waals surface area contributed by atoms with Gasteiger partial charge in [-0.1, -0.05) is 36.2 Å². The van der Waals surface area contributed by atoms with Crippen molar-refractivity contribution >= 4 is 5.69 Å². The lowest BCUT2D eigenvalue weighted by molar-refractivity contribution is 0.288. The smallest absolute Gasteiger partial charge is 0.246 e. The molecule has 0 bridgehead atoms. The Morgan fingerprint density at radius 3 is 2.68 bits per heavy atom. The Kier molecular flexibility index (Phi) is 5.06. The van der Waals surface area contributed by atoms with E-state index < -0.39 is 0 Å². The van der Waals surface area contributed by atoms with Crippen molar-refractivity contribution in [3.63, 3.8) is 0 Å². The maximum atomic E-state index is 9.10. The molecule has 118 valence electrons. The number of aliphatic hydroxyl groups is 1. The molecular weight excluding hydrogens is 278 g/mol. The van der Waals surface area contributed by atoms with Gasteiger partial charge in [0.25, 0.3) is 0 Å². The largest absolute Gasteiger partial charge is 0.396 e. The lowest BCUT2D eigenvalue weighted by Crippen LogP contribution is -2.24. The number of anilines is 1. The van der Waals surface area contributed by atoms with Gasteiger partial charge in [0.1, 0.15) is 0 Å². The highest BCUT2D eigenvalue weighted by molar-refractivity contribution is 5.45. The van der Waals surface area contributed by atoms with Crippen LogP contribution in [0.2, 0.25) is 0 Å². The van der Waals surface area contributed by atoms with E-state index in [1.165, 1.54) is 25.7 Å². The van der Waals surface area contributed by atoms with Gasteiger partial charge in [-0.05, 0) is 31.4 Å². The van der Waals surface area contributed by atoms with E-state index in [2.05, 4.69) is 27.2 Å². The van der Waals surface area contributed by atoms with Gasteiger partial charge in [-0.15, -0.1) is 0 Å². The van der Waals surface area contributed by atoms with Crippen LogP contribution in [-0.4, -0.2) is 28.4 Å². The molecule has 0 spiro atoms. The molecule has 2 aromatic rings. The van der Waals surface area contributed by atoms with E-state index >= 15 is 0 Å². The van der Waals surface area contributed by atoms with Gasteiger partial charge < -0.3 is 14.5 Å². The summed E-state index contributed by atoms with van der Waals surface area (Å²) in [4.78, 5) is 6.75. The van der Waals surface area contributed by atoms with Crippen molar-refractivity contribution in [2.24, 2.45) is 0 Å². The highest BCUT2D eigenvalue weighted by Gasteiger charge is 2.22. The molecule has 1 N–H and O–H groups in total. The molecule has 1 aliphatic rings. The third-order valence-corrected chi connectivity index (χ3v) is 4.24. The quantitative estimate of drug-likeness (QED) is 0.851. The molecule has 1 aromatic carbocycles. The van der Waals surface area contributed by atoms with Crippen molar-refractivity contribution in [1.29, 1.82) is 0 Å². The monoisotopic (exact) mass is 301 g/mol. The summed E-state index contributed by atoms with van der Waals surface area (Å²) in [5, 5.41) is 13.3. The van der Waals surface area contributed by atoms with Crippen molar-refractivity contribution in [2.75, 3.05) is 18.1 Å². The predicted molar refractivity (Wildman–Crippen MR) is 84.7 cm³/mol. The Labute approximate surface area is 131 Å². The van der Waals surface area contributed by atoms with E-state index in [-0.39, 0.29) is 6.61 Å². The zero-order valence-electron chi connectivity index (χ0n) is 12.8. The van der Waals surface area contributed by atoms with E-state index in [4.69, 9.17) is 9.63 Å². The number of aromatic nitrogens is 2. The molecule has 0 atom stereocenters. The minimum absolute atomic E-state index is 0.181. The lowest BCUT2D eigenvalue weighted by atomic mass is 10.1. The summed E-state index contributed by atoms with van der Waals surface area (Å²) in [7, 11) is 0. The van der Waals surface area contributed by atoms with Crippen LogP contribution in [0.4, 0.5) is 5.69 Å². The molecule has 0 unspecified atom stereocenters. The summed E-state index contributed by atoms with van der Waals surface area (Å²) in [6.45, 7) is 1.53. The van der Waals surface area contributed by atoms with Gasteiger partial charge in [-0.2, -0.15) is 4.98 Å². The first-order valence-corrected chi connectivity index (χ1v) is 8.10. The van der Waals surface area contributed by atoms with Crippen LogP contribution in [0.5, 0.6) is 0 Å². The third kappa shape index (κ3) is 3.65. The van der Waals surface area contributed by atoms with E-state index in [0.717, 1.165) is 24.5 Å². The van der Waals surface area contributed by atoms with Crippen LogP contribution in [0.1, 0.15) is 49.7 Å². The van der Waals surface area contributed by atoms with Gasteiger partial charge in [0.05, 0.1) is 6.54 Å². The van der Waals surface area contributed by atoms with Crippen LogP contribution in [0.15, 0.2) is 34.9 Å². The predicted octanol–water partition coefficient (Wildman–Crippen LogP) is 3.12. The molecule has 0 radical (unpaired) electrons. The first-order valence-electron chi connectivity index (χ1n) is 8.10. The average molecular weight is 301 g/mol. The summed E-state index contributed by atoms with van der Waals surface area (Å²) >= 11 is 0. The van der Waals surface area contributed by atoms with Crippen LogP contribution in [0.3, 0.4) is 0 Å². The number of para-hydroxylation sites is 1. The van der Waals surface area contributed by atoms with Crippen molar-refractivity contribution in [3.8, 4) is 0 Å². The maximum absolute atomic E-state index is 9.10. The number of hydrogen-bond donors (Lipinski definition) is 1. The summed E-state index contributed by atoms with van der Waals surface area (Å²) in [6.07, 6.45) is 5.60. The Morgan fingerprint density at radius 1 is 1.18 bits per heavy atom.